The molecular formula is C59H110AlF8N. The molecule has 1 rings (SSSR count). The Morgan fingerprint density at radius 3 is 1.04 bits per heavy atom. The quantitative estimate of drug-likeness (QED) is 0.0288. The van der Waals surface area contributed by atoms with Crippen LogP contribution >= 0.6 is 0 Å². The molecule has 1 nitrogen and oxygen atoms in total. The second kappa shape index (κ2) is 39.6. The van der Waals surface area contributed by atoms with E-state index >= 15 is 0 Å². The lowest BCUT2D eigenvalue weighted by Crippen LogP contribution is -3.07. The molecule has 69 heavy (non-hydrogen) atoms. The predicted octanol–water partition coefficient (Wildman–Crippen LogP) is 21.3. The van der Waals surface area contributed by atoms with Crippen LogP contribution in [-0.2, 0) is 5.92 Å². The lowest BCUT2D eigenvalue weighted by atomic mass is 9.95. The molecule has 6 atom stereocenters. The van der Waals surface area contributed by atoms with Crippen LogP contribution in [0.3, 0.4) is 0 Å². The smallest absolute Gasteiger partial charge is 0.300 e. The molecule has 0 bridgehead atoms. The van der Waals surface area contributed by atoms with Gasteiger partial charge in [0.2, 0.25) is 0 Å². The summed E-state index contributed by atoms with van der Waals surface area (Å²) in [6, 6.07) is 0.419. The van der Waals surface area contributed by atoms with Crippen molar-refractivity contribution < 1.29 is 40.0 Å². The highest BCUT2D eigenvalue weighted by Crippen LogP contribution is 2.47. The topological polar surface area (TPSA) is 4.44 Å². The summed E-state index contributed by atoms with van der Waals surface area (Å²) in [5.74, 6) is -8.01. The Morgan fingerprint density at radius 1 is 0.406 bits per heavy atom. The van der Waals surface area contributed by atoms with Gasteiger partial charge < -0.3 is 0 Å². The van der Waals surface area contributed by atoms with E-state index in [4.69, 9.17) is 0 Å². The Bertz CT molecular complexity index is 1290. The standard InChI is InChI=1S/C23H33F8N.4C9H19.Al/c1-4-7-9-10-13-32(14-12-16(6-3)11-8-5-2)18-15-17(24)20(25)19(21(18)26)22(27,28)23(29,30)31;4*1-4-7-8-9(5-2)6-3;/h15-16H,4-14H2,1-3H3;4*9H,2,4-8H2,1,3H3;/q;;;;;-1/p+1. The third kappa shape index (κ3) is 26.8. The number of hydrogen-bond acceptors (Lipinski definition) is 0. The normalized spacial score (nSPS) is 15.8. The average Bonchev–Trinajstić information content (AvgIpc) is 3.33. The fourth-order valence-corrected chi connectivity index (χ4v) is 17.7. The summed E-state index contributed by atoms with van der Waals surface area (Å²) in [6.07, 6.45) is 30.4. The van der Waals surface area contributed by atoms with Crippen molar-refractivity contribution in [2.75, 3.05) is 13.1 Å². The first-order valence-electron chi connectivity index (χ1n) is 29.6. The summed E-state index contributed by atoms with van der Waals surface area (Å²) < 4.78 is 109. The van der Waals surface area contributed by atoms with Crippen molar-refractivity contribution in [3.8, 4) is 0 Å². The summed E-state index contributed by atoms with van der Waals surface area (Å²) in [5.41, 5.74) is -3.24. The zero-order valence-corrected chi connectivity index (χ0v) is 48.0. The fraction of sp³-hybridized carbons (Fsp3) is 0.898. The molecule has 6 unspecified atom stereocenters. The molecule has 0 aromatic heterocycles. The number of rotatable bonds is 42. The van der Waals surface area contributed by atoms with E-state index in [0.717, 1.165) is 68.6 Å². The molecule has 0 heterocycles. The molecule has 0 aliphatic heterocycles. The third-order valence-electron chi connectivity index (χ3n) is 16.9. The van der Waals surface area contributed by atoms with Crippen LogP contribution in [-0.4, -0.2) is 32.3 Å². The molecule has 0 radical (unpaired) electrons. The summed E-state index contributed by atoms with van der Waals surface area (Å²) in [4.78, 5) is 0.256. The van der Waals surface area contributed by atoms with Crippen LogP contribution in [0.25, 0.3) is 0 Å². The van der Waals surface area contributed by atoms with Crippen LogP contribution in [0.15, 0.2) is 6.07 Å². The predicted molar refractivity (Wildman–Crippen MR) is 285 cm³/mol. The van der Waals surface area contributed by atoms with Crippen molar-refractivity contribution in [3.63, 3.8) is 0 Å². The fourth-order valence-electron chi connectivity index (χ4n) is 11.3. The first-order chi connectivity index (χ1) is 32.9. The molecule has 1 N–H and O–H groups in total. The maximum atomic E-state index is 15.0. The van der Waals surface area contributed by atoms with Gasteiger partial charge in [-0.2, -0.15) is 47.5 Å². The number of hydrogen-bond donors (Lipinski definition) is 1. The zero-order chi connectivity index (χ0) is 52.3. The first-order valence-corrected chi connectivity index (χ1v) is 32.8. The zero-order valence-electron chi connectivity index (χ0n) is 46.8. The highest BCUT2D eigenvalue weighted by Gasteiger charge is 2.62. The largest absolute Gasteiger partial charge is 0.458 e. The van der Waals surface area contributed by atoms with Crippen LogP contribution in [0.5, 0.6) is 0 Å². The van der Waals surface area contributed by atoms with Crippen molar-refractivity contribution in [3.05, 3.63) is 29.1 Å². The van der Waals surface area contributed by atoms with Gasteiger partial charge >= 0.3 is 12.1 Å². The molecule has 1 aromatic rings. The van der Waals surface area contributed by atoms with Gasteiger partial charge in [-0.1, -0.05) is 243 Å². The van der Waals surface area contributed by atoms with E-state index in [-0.39, 0.29) is 23.9 Å². The molecule has 410 valence electrons. The van der Waals surface area contributed by atoms with E-state index in [1.54, 1.807) is 46.8 Å². The average molecular weight is 1010 g/mol. The molecule has 0 amide bonds. The summed E-state index contributed by atoms with van der Waals surface area (Å²) in [5, 5.41) is 6.75. The van der Waals surface area contributed by atoms with Crippen LogP contribution in [0.1, 0.15) is 268 Å². The number of nitrogens with one attached hydrogen (secondary N) is 1. The van der Waals surface area contributed by atoms with E-state index in [9.17, 15) is 35.1 Å². The Balaban J connectivity index is 0.00000135. The highest BCUT2D eigenvalue weighted by molar-refractivity contribution is 6.79. The van der Waals surface area contributed by atoms with Crippen molar-refractivity contribution in [2.24, 2.45) is 29.6 Å². The van der Waals surface area contributed by atoms with Crippen molar-refractivity contribution in [1.29, 1.82) is 0 Å². The maximum Gasteiger partial charge on any atom is 0.458 e. The minimum Gasteiger partial charge on any atom is -0.300 e. The van der Waals surface area contributed by atoms with E-state index < -0.39 is 53.9 Å². The van der Waals surface area contributed by atoms with Gasteiger partial charge in [0.15, 0.2) is 23.1 Å². The Kier molecular flexibility index (Phi) is 39.1. The Morgan fingerprint density at radius 2 is 0.739 bits per heavy atom. The van der Waals surface area contributed by atoms with Gasteiger partial charge in [0.05, 0.1) is 13.1 Å². The number of unbranched alkanes of at least 4 members (excludes halogenated alkanes) is 8. The Hall–Kier alpha value is -0.848. The first kappa shape index (κ1) is 68.2. The van der Waals surface area contributed by atoms with Gasteiger partial charge in [0.25, 0.3) is 0 Å². The van der Waals surface area contributed by atoms with Crippen LogP contribution in [0.4, 0.5) is 40.8 Å². The van der Waals surface area contributed by atoms with Gasteiger partial charge in [-0.05, 0) is 48.9 Å². The molecule has 0 spiro atoms. The van der Waals surface area contributed by atoms with Crippen molar-refractivity contribution in [2.45, 2.75) is 296 Å². The molecule has 0 saturated heterocycles. The van der Waals surface area contributed by atoms with Gasteiger partial charge in [-0.3, -0.25) is 4.90 Å². The third-order valence-corrected chi connectivity index (χ3v) is 23.1. The molecule has 0 aliphatic carbocycles. The summed E-state index contributed by atoms with van der Waals surface area (Å²) in [7, 11) is 0. The minimum atomic E-state index is -6.26. The number of quaternary nitrogens is 1. The molecule has 1 aromatic carbocycles. The SMILES string of the molecule is CCCCC(CC)C[CH2][Al-]([CH2]CC(CC)CCCC)([CH2]CC(CC)CCCC)[CH2]CC(CC)CCCC.CCCCCC[NH+](CCC(CC)CCCC)c1cc(F)c(F)c(C(F)(F)C(F)(F)F)c1F. The van der Waals surface area contributed by atoms with E-state index in [1.807, 2.05) is 20.8 Å². The van der Waals surface area contributed by atoms with Crippen molar-refractivity contribution in [1.82, 2.24) is 0 Å². The van der Waals surface area contributed by atoms with E-state index in [0.29, 0.717) is 18.9 Å². The van der Waals surface area contributed by atoms with E-state index in [2.05, 4.69) is 55.4 Å². The molecule has 0 saturated carbocycles. The summed E-state index contributed by atoms with van der Waals surface area (Å²) >= 11 is -1.64. The molecular weight excluding hydrogens is 902 g/mol. The van der Waals surface area contributed by atoms with Crippen LogP contribution in [0.2, 0.25) is 21.1 Å². The van der Waals surface area contributed by atoms with Gasteiger partial charge in [0, 0.05) is 6.07 Å². The van der Waals surface area contributed by atoms with E-state index in [1.165, 1.54) is 103 Å². The van der Waals surface area contributed by atoms with Gasteiger partial charge in [0.1, 0.15) is 18.6 Å². The molecule has 10 heteroatoms. The second-order valence-corrected chi connectivity index (χ2v) is 27.8. The second-order valence-electron chi connectivity index (χ2n) is 22.1. The van der Waals surface area contributed by atoms with Crippen LogP contribution < -0.4 is 4.90 Å². The van der Waals surface area contributed by atoms with Gasteiger partial charge in [-0.15, -0.1) is 0 Å². The van der Waals surface area contributed by atoms with Crippen LogP contribution in [0, 0.1) is 47.0 Å². The monoisotopic (exact) mass is 1010 g/mol. The van der Waals surface area contributed by atoms with Crippen molar-refractivity contribution >= 4 is 18.8 Å². The number of benzene rings is 1. The minimum absolute atomic E-state index is 0.225. The lowest BCUT2D eigenvalue weighted by Gasteiger charge is -2.41. The molecule has 0 fully saturated rings. The maximum absolute atomic E-state index is 15.0. The lowest BCUT2D eigenvalue weighted by molar-refractivity contribution is -0.835. The number of alkyl halides is 5. The highest BCUT2D eigenvalue weighted by atomic mass is 27.2. The summed E-state index contributed by atoms with van der Waals surface area (Å²) in [6.45, 7) is 25.9. The Labute approximate surface area is 424 Å². The van der Waals surface area contributed by atoms with Gasteiger partial charge in [-0.25, -0.2) is 8.78 Å². The number of halogens is 8. The molecule has 0 aliphatic rings.